The summed E-state index contributed by atoms with van der Waals surface area (Å²) < 4.78 is 29.6. The number of ether oxygens (including phenoxy) is 1. The second kappa shape index (κ2) is 5.45. The maximum Gasteiger partial charge on any atom is 0.182 e. The summed E-state index contributed by atoms with van der Waals surface area (Å²) in [6.07, 6.45) is 0. The molecule has 0 heterocycles. The van der Waals surface area contributed by atoms with Crippen molar-refractivity contribution in [2.24, 2.45) is 0 Å². The van der Waals surface area contributed by atoms with Gasteiger partial charge in [-0.2, -0.15) is 0 Å². The molecule has 0 amide bonds. The molecule has 4 heteroatoms. The molecule has 2 aromatic rings. The summed E-state index contributed by atoms with van der Waals surface area (Å²) in [4.78, 5) is 0.348. The highest BCUT2D eigenvalue weighted by atomic mass is 32.2. The Morgan fingerprint density at radius 2 is 1.74 bits per heavy atom. The quantitative estimate of drug-likeness (QED) is 0.862. The maximum atomic E-state index is 12.3. The molecule has 0 radical (unpaired) electrons. The van der Waals surface area contributed by atoms with E-state index in [4.69, 9.17) is 4.74 Å². The van der Waals surface area contributed by atoms with Crippen LogP contribution < -0.4 is 4.74 Å². The Morgan fingerprint density at radius 1 is 1.05 bits per heavy atom. The summed E-state index contributed by atoms with van der Waals surface area (Å²) in [5, 5.41) is 0. The first kappa shape index (κ1) is 13.6. The van der Waals surface area contributed by atoms with E-state index in [1.54, 1.807) is 55.6 Å². The number of hydrogen-bond acceptors (Lipinski definition) is 3. The number of aryl methyl sites for hydroxylation is 1. The fourth-order valence-corrected chi connectivity index (χ4v) is 3.15. The van der Waals surface area contributed by atoms with Gasteiger partial charge in [-0.15, -0.1) is 0 Å². The van der Waals surface area contributed by atoms with Gasteiger partial charge in [0.2, 0.25) is 0 Å². The van der Waals surface area contributed by atoms with E-state index in [9.17, 15) is 8.42 Å². The Balaban J connectivity index is 2.28. The van der Waals surface area contributed by atoms with Gasteiger partial charge in [-0.3, -0.25) is 0 Å². The summed E-state index contributed by atoms with van der Waals surface area (Å²) in [5.41, 5.74) is 1.76. The number of sulfone groups is 1. The zero-order valence-electron chi connectivity index (χ0n) is 11.0. The first-order valence-corrected chi connectivity index (χ1v) is 7.59. The summed E-state index contributed by atoms with van der Waals surface area (Å²) >= 11 is 0. The summed E-state index contributed by atoms with van der Waals surface area (Å²) in [6, 6.07) is 14.0. The van der Waals surface area contributed by atoms with Crippen molar-refractivity contribution in [2.75, 3.05) is 7.11 Å². The van der Waals surface area contributed by atoms with Gasteiger partial charge < -0.3 is 4.74 Å². The Labute approximate surface area is 113 Å². The normalized spacial score (nSPS) is 11.3. The molecule has 0 bridgehead atoms. The molecule has 0 unspecified atom stereocenters. The van der Waals surface area contributed by atoms with Crippen molar-refractivity contribution in [3.8, 4) is 5.75 Å². The van der Waals surface area contributed by atoms with Gasteiger partial charge in [-0.05, 0) is 36.8 Å². The molecule has 0 spiro atoms. The van der Waals surface area contributed by atoms with Crippen molar-refractivity contribution >= 4 is 9.84 Å². The van der Waals surface area contributed by atoms with E-state index >= 15 is 0 Å². The SMILES string of the molecule is COc1cccc(CS(=O)(=O)c2ccc(C)cc2)c1. The monoisotopic (exact) mass is 276 g/mol. The van der Waals surface area contributed by atoms with Crippen LogP contribution >= 0.6 is 0 Å². The number of hydrogen-bond donors (Lipinski definition) is 0. The standard InChI is InChI=1S/C15H16O3S/c1-12-6-8-15(9-7-12)19(16,17)11-13-4-3-5-14(10-13)18-2/h3-10H,11H2,1-2H3. The van der Waals surface area contributed by atoms with E-state index in [0.717, 1.165) is 11.1 Å². The Bertz CT molecular complexity index is 658. The van der Waals surface area contributed by atoms with Crippen LogP contribution in [0.25, 0.3) is 0 Å². The summed E-state index contributed by atoms with van der Waals surface area (Å²) in [5.74, 6) is 0.643. The van der Waals surface area contributed by atoms with E-state index in [-0.39, 0.29) is 5.75 Å². The second-order valence-electron chi connectivity index (χ2n) is 4.42. The first-order chi connectivity index (χ1) is 9.01. The van der Waals surface area contributed by atoms with E-state index in [1.807, 2.05) is 6.92 Å². The molecule has 0 aliphatic heterocycles. The largest absolute Gasteiger partial charge is 0.497 e. The Hall–Kier alpha value is -1.81. The second-order valence-corrected chi connectivity index (χ2v) is 6.41. The highest BCUT2D eigenvalue weighted by Gasteiger charge is 2.15. The van der Waals surface area contributed by atoms with Gasteiger partial charge in [0, 0.05) is 0 Å². The minimum atomic E-state index is -3.31. The predicted octanol–water partition coefficient (Wildman–Crippen LogP) is 2.98. The van der Waals surface area contributed by atoms with Crippen LogP contribution in [0.15, 0.2) is 53.4 Å². The zero-order valence-corrected chi connectivity index (χ0v) is 11.8. The lowest BCUT2D eigenvalue weighted by molar-refractivity contribution is 0.414. The van der Waals surface area contributed by atoms with Crippen molar-refractivity contribution < 1.29 is 13.2 Å². The minimum Gasteiger partial charge on any atom is -0.497 e. The number of methoxy groups -OCH3 is 1. The van der Waals surface area contributed by atoms with Gasteiger partial charge in [0.05, 0.1) is 17.8 Å². The lowest BCUT2D eigenvalue weighted by Crippen LogP contribution is -2.05. The zero-order chi connectivity index (χ0) is 13.9. The first-order valence-electron chi connectivity index (χ1n) is 5.93. The average Bonchev–Trinajstić information content (AvgIpc) is 2.39. The highest BCUT2D eigenvalue weighted by Crippen LogP contribution is 2.19. The molecule has 0 aliphatic rings. The van der Waals surface area contributed by atoms with Crippen molar-refractivity contribution in [1.29, 1.82) is 0 Å². The van der Waals surface area contributed by atoms with E-state index in [0.29, 0.717) is 10.6 Å². The summed E-state index contributed by atoms with van der Waals surface area (Å²) in [6.45, 7) is 1.93. The average molecular weight is 276 g/mol. The molecule has 0 fully saturated rings. The maximum absolute atomic E-state index is 12.3. The minimum absolute atomic E-state index is 0.0206. The Morgan fingerprint density at radius 3 is 2.37 bits per heavy atom. The molecule has 2 rings (SSSR count). The van der Waals surface area contributed by atoms with Gasteiger partial charge in [0.25, 0.3) is 0 Å². The Kier molecular flexibility index (Phi) is 3.90. The van der Waals surface area contributed by atoms with Gasteiger partial charge in [-0.25, -0.2) is 8.42 Å². The third-order valence-corrected chi connectivity index (χ3v) is 4.57. The van der Waals surface area contributed by atoms with E-state index in [2.05, 4.69) is 0 Å². The van der Waals surface area contributed by atoms with Gasteiger partial charge in [0.15, 0.2) is 9.84 Å². The van der Waals surface area contributed by atoms with Crippen LogP contribution in [0.3, 0.4) is 0 Å². The topological polar surface area (TPSA) is 43.4 Å². The van der Waals surface area contributed by atoms with Crippen molar-refractivity contribution in [3.63, 3.8) is 0 Å². The smallest absolute Gasteiger partial charge is 0.182 e. The lowest BCUT2D eigenvalue weighted by Gasteiger charge is -2.06. The van der Waals surface area contributed by atoms with Gasteiger partial charge in [-0.1, -0.05) is 29.8 Å². The molecule has 0 saturated heterocycles. The molecular weight excluding hydrogens is 260 g/mol. The third kappa shape index (κ3) is 3.35. The molecular formula is C15H16O3S. The van der Waals surface area contributed by atoms with Crippen molar-refractivity contribution in [3.05, 3.63) is 59.7 Å². The molecule has 19 heavy (non-hydrogen) atoms. The van der Waals surface area contributed by atoms with Crippen LogP contribution in [-0.2, 0) is 15.6 Å². The molecule has 3 nitrogen and oxygen atoms in total. The van der Waals surface area contributed by atoms with E-state index < -0.39 is 9.84 Å². The van der Waals surface area contributed by atoms with Gasteiger partial charge in [0.1, 0.15) is 5.75 Å². The fraction of sp³-hybridized carbons (Fsp3) is 0.200. The van der Waals surface area contributed by atoms with Gasteiger partial charge >= 0.3 is 0 Å². The third-order valence-electron chi connectivity index (χ3n) is 2.87. The van der Waals surface area contributed by atoms with Crippen LogP contribution in [-0.4, -0.2) is 15.5 Å². The van der Waals surface area contributed by atoms with Crippen molar-refractivity contribution in [1.82, 2.24) is 0 Å². The van der Waals surface area contributed by atoms with Crippen LogP contribution in [0.1, 0.15) is 11.1 Å². The number of benzene rings is 2. The van der Waals surface area contributed by atoms with Crippen molar-refractivity contribution in [2.45, 2.75) is 17.6 Å². The van der Waals surface area contributed by atoms with Crippen LogP contribution in [0.4, 0.5) is 0 Å². The van der Waals surface area contributed by atoms with Crippen LogP contribution in [0.2, 0.25) is 0 Å². The number of rotatable bonds is 4. The molecule has 0 N–H and O–H groups in total. The molecule has 0 atom stereocenters. The molecule has 0 aliphatic carbocycles. The lowest BCUT2D eigenvalue weighted by atomic mass is 10.2. The highest BCUT2D eigenvalue weighted by molar-refractivity contribution is 7.90. The predicted molar refractivity (Wildman–Crippen MR) is 75.1 cm³/mol. The summed E-state index contributed by atoms with van der Waals surface area (Å²) in [7, 11) is -1.75. The fourth-order valence-electron chi connectivity index (χ4n) is 1.81. The van der Waals surface area contributed by atoms with Crippen LogP contribution in [0.5, 0.6) is 5.75 Å². The molecule has 100 valence electrons. The van der Waals surface area contributed by atoms with Crippen LogP contribution in [0, 0.1) is 6.92 Å². The molecule has 0 aromatic heterocycles. The molecule has 2 aromatic carbocycles. The molecule has 0 saturated carbocycles. The van der Waals surface area contributed by atoms with E-state index in [1.165, 1.54) is 0 Å².